The molecular weight excluding hydrogens is 240 g/mol. The maximum atomic E-state index is 12.1. The van der Waals surface area contributed by atoms with E-state index in [4.69, 9.17) is 5.11 Å². The highest BCUT2D eigenvalue weighted by Crippen LogP contribution is 2.13. The number of aromatic nitrogens is 1. The highest BCUT2D eigenvalue weighted by atomic mass is 16.3. The number of hydrogen-bond donors (Lipinski definition) is 2. The first kappa shape index (κ1) is 13.5. The molecule has 1 aromatic heterocycles. The van der Waals surface area contributed by atoms with E-state index in [-0.39, 0.29) is 18.6 Å². The van der Waals surface area contributed by atoms with Crippen molar-refractivity contribution in [3.63, 3.8) is 0 Å². The monoisotopic (exact) mass is 258 g/mol. The normalized spacial score (nSPS) is 12.3. The van der Waals surface area contributed by atoms with Crippen LogP contribution in [0.5, 0.6) is 0 Å². The van der Waals surface area contributed by atoms with Gasteiger partial charge in [0.05, 0.1) is 5.52 Å². The predicted molar refractivity (Wildman–Crippen MR) is 75.0 cm³/mol. The number of nitrogens with one attached hydrogen (secondary N) is 1. The second-order valence-corrected chi connectivity index (χ2v) is 4.50. The van der Waals surface area contributed by atoms with Crippen LogP contribution >= 0.6 is 0 Å². The third-order valence-corrected chi connectivity index (χ3v) is 3.17. The molecule has 4 heteroatoms. The van der Waals surface area contributed by atoms with E-state index in [2.05, 4.69) is 10.3 Å². The molecule has 0 radical (unpaired) electrons. The summed E-state index contributed by atoms with van der Waals surface area (Å²) >= 11 is 0. The van der Waals surface area contributed by atoms with Crippen LogP contribution in [0.1, 0.15) is 30.1 Å². The zero-order valence-electron chi connectivity index (χ0n) is 11.0. The van der Waals surface area contributed by atoms with Crippen molar-refractivity contribution in [2.24, 2.45) is 0 Å². The van der Waals surface area contributed by atoms with Crippen molar-refractivity contribution in [2.45, 2.75) is 25.8 Å². The fourth-order valence-electron chi connectivity index (χ4n) is 2.02. The molecule has 2 aromatic rings. The van der Waals surface area contributed by atoms with Crippen LogP contribution in [-0.4, -0.2) is 28.6 Å². The molecule has 0 saturated heterocycles. The Kier molecular flexibility index (Phi) is 4.47. The van der Waals surface area contributed by atoms with Crippen LogP contribution in [0.3, 0.4) is 0 Å². The number of benzene rings is 1. The van der Waals surface area contributed by atoms with E-state index in [9.17, 15) is 4.79 Å². The highest BCUT2D eigenvalue weighted by Gasteiger charge is 2.12. The number of rotatable bonds is 5. The van der Waals surface area contributed by atoms with Gasteiger partial charge in [0.2, 0.25) is 0 Å². The van der Waals surface area contributed by atoms with Gasteiger partial charge in [-0.25, -0.2) is 0 Å². The SMILES string of the molecule is CCC(CCO)NC(=O)c1ccc2ncccc2c1. The van der Waals surface area contributed by atoms with Crippen LogP contribution in [0.2, 0.25) is 0 Å². The van der Waals surface area contributed by atoms with E-state index < -0.39 is 0 Å². The van der Waals surface area contributed by atoms with Gasteiger partial charge in [0, 0.05) is 29.8 Å². The molecule has 1 unspecified atom stereocenters. The molecular formula is C15H18N2O2. The van der Waals surface area contributed by atoms with Gasteiger partial charge in [-0.05, 0) is 37.1 Å². The van der Waals surface area contributed by atoms with E-state index in [1.54, 1.807) is 12.3 Å². The molecule has 4 nitrogen and oxygen atoms in total. The van der Waals surface area contributed by atoms with Crippen LogP contribution < -0.4 is 5.32 Å². The number of fused-ring (bicyclic) bond motifs is 1. The van der Waals surface area contributed by atoms with Gasteiger partial charge in [-0.15, -0.1) is 0 Å². The number of nitrogens with zero attached hydrogens (tertiary/aromatic N) is 1. The van der Waals surface area contributed by atoms with Crippen LogP contribution in [0.15, 0.2) is 36.5 Å². The van der Waals surface area contributed by atoms with Gasteiger partial charge in [0.25, 0.3) is 5.91 Å². The van der Waals surface area contributed by atoms with Crippen molar-refractivity contribution < 1.29 is 9.90 Å². The van der Waals surface area contributed by atoms with E-state index in [0.717, 1.165) is 17.3 Å². The molecule has 2 rings (SSSR count). The summed E-state index contributed by atoms with van der Waals surface area (Å²) in [5, 5.41) is 12.8. The lowest BCUT2D eigenvalue weighted by atomic mass is 10.1. The summed E-state index contributed by atoms with van der Waals surface area (Å²) in [4.78, 5) is 16.3. The Morgan fingerprint density at radius 3 is 3.00 bits per heavy atom. The molecule has 2 N–H and O–H groups in total. The van der Waals surface area contributed by atoms with Gasteiger partial charge in [-0.3, -0.25) is 9.78 Å². The summed E-state index contributed by atoms with van der Waals surface area (Å²) in [6.45, 7) is 2.07. The molecule has 19 heavy (non-hydrogen) atoms. The first-order valence-electron chi connectivity index (χ1n) is 6.51. The van der Waals surface area contributed by atoms with Gasteiger partial charge in [-0.2, -0.15) is 0 Å². The molecule has 1 heterocycles. The minimum absolute atomic E-state index is 0.0158. The van der Waals surface area contributed by atoms with E-state index in [1.807, 2.05) is 31.2 Å². The third kappa shape index (κ3) is 3.29. The first-order valence-corrected chi connectivity index (χ1v) is 6.51. The molecule has 0 bridgehead atoms. The lowest BCUT2D eigenvalue weighted by Gasteiger charge is -2.15. The third-order valence-electron chi connectivity index (χ3n) is 3.17. The molecule has 0 spiro atoms. The molecule has 1 amide bonds. The summed E-state index contributed by atoms with van der Waals surface area (Å²) < 4.78 is 0. The van der Waals surface area contributed by atoms with Gasteiger partial charge in [0.1, 0.15) is 0 Å². The summed E-state index contributed by atoms with van der Waals surface area (Å²) in [6, 6.07) is 9.26. The summed E-state index contributed by atoms with van der Waals surface area (Å²) in [5.41, 5.74) is 1.50. The lowest BCUT2D eigenvalue weighted by Crippen LogP contribution is -2.35. The quantitative estimate of drug-likeness (QED) is 0.863. The minimum Gasteiger partial charge on any atom is -0.396 e. The Balaban J connectivity index is 2.16. The molecule has 0 aliphatic rings. The number of carbonyl (C=O) groups excluding carboxylic acids is 1. The van der Waals surface area contributed by atoms with Crippen molar-refractivity contribution in [2.75, 3.05) is 6.61 Å². The zero-order valence-corrected chi connectivity index (χ0v) is 11.0. The van der Waals surface area contributed by atoms with Gasteiger partial charge in [0.15, 0.2) is 0 Å². The Morgan fingerprint density at radius 2 is 2.26 bits per heavy atom. The van der Waals surface area contributed by atoms with Crippen LogP contribution in [0.25, 0.3) is 10.9 Å². The number of pyridine rings is 1. The maximum absolute atomic E-state index is 12.1. The average molecular weight is 258 g/mol. The zero-order chi connectivity index (χ0) is 13.7. The maximum Gasteiger partial charge on any atom is 0.251 e. The van der Waals surface area contributed by atoms with Crippen molar-refractivity contribution in [3.8, 4) is 0 Å². The van der Waals surface area contributed by atoms with Gasteiger partial charge >= 0.3 is 0 Å². The molecule has 1 atom stereocenters. The second-order valence-electron chi connectivity index (χ2n) is 4.50. The number of amides is 1. The van der Waals surface area contributed by atoms with Crippen molar-refractivity contribution >= 4 is 16.8 Å². The van der Waals surface area contributed by atoms with Crippen molar-refractivity contribution in [1.29, 1.82) is 0 Å². The smallest absolute Gasteiger partial charge is 0.251 e. The van der Waals surface area contributed by atoms with Crippen LogP contribution in [0.4, 0.5) is 0 Å². The second kappa shape index (κ2) is 6.29. The standard InChI is InChI=1S/C15H18N2O2/c1-2-13(7-9-18)17-15(19)12-5-6-14-11(10-12)4-3-8-16-14/h3-6,8,10,13,18H,2,7,9H2,1H3,(H,17,19). The van der Waals surface area contributed by atoms with E-state index in [0.29, 0.717) is 12.0 Å². The molecule has 0 aliphatic heterocycles. The Hall–Kier alpha value is -1.94. The fourth-order valence-corrected chi connectivity index (χ4v) is 2.02. The summed E-state index contributed by atoms with van der Waals surface area (Å²) in [5.74, 6) is -0.106. The first-order chi connectivity index (χ1) is 9.24. The van der Waals surface area contributed by atoms with Crippen molar-refractivity contribution in [1.82, 2.24) is 10.3 Å². The number of aliphatic hydroxyl groups is 1. The molecule has 0 saturated carbocycles. The Labute approximate surface area is 112 Å². The molecule has 100 valence electrons. The number of aliphatic hydroxyl groups excluding tert-OH is 1. The largest absolute Gasteiger partial charge is 0.396 e. The number of hydrogen-bond acceptors (Lipinski definition) is 3. The van der Waals surface area contributed by atoms with Crippen LogP contribution in [-0.2, 0) is 0 Å². The average Bonchev–Trinajstić information content (AvgIpc) is 2.46. The van der Waals surface area contributed by atoms with E-state index in [1.165, 1.54) is 0 Å². The topological polar surface area (TPSA) is 62.2 Å². The summed E-state index contributed by atoms with van der Waals surface area (Å²) in [6.07, 6.45) is 3.12. The minimum atomic E-state index is -0.106. The van der Waals surface area contributed by atoms with Crippen molar-refractivity contribution in [3.05, 3.63) is 42.1 Å². The molecule has 0 aliphatic carbocycles. The highest BCUT2D eigenvalue weighted by molar-refractivity contribution is 5.98. The number of carbonyl (C=O) groups is 1. The molecule has 0 fully saturated rings. The Morgan fingerprint density at radius 1 is 1.42 bits per heavy atom. The van der Waals surface area contributed by atoms with Crippen LogP contribution in [0, 0.1) is 0 Å². The Bertz CT molecular complexity index is 569. The fraction of sp³-hybridized carbons (Fsp3) is 0.333. The van der Waals surface area contributed by atoms with Gasteiger partial charge < -0.3 is 10.4 Å². The molecule has 1 aromatic carbocycles. The lowest BCUT2D eigenvalue weighted by molar-refractivity contribution is 0.0929. The van der Waals surface area contributed by atoms with E-state index >= 15 is 0 Å². The predicted octanol–water partition coefficient (Wildman–Crippen LogP) is 2.13. The summed E-state index contributed by atoms with van der Waals surface area (Å²) in [7, 11) is 0. The van der Waals surface area contributed by atoms with Gasteiger partial charge in [-0.1, -0.05) is 13.0 Å².